The first-order valence-electron chi connectivity index (χ1n) is 7.15. The Morgan fingerprint density at radius 1 is 0.857 bits per heavy atom. The largest absolute Gasteiger partial charge is 0.284 e. The topological polar surface area (TPSA) is 12.4 Å². The van der Waals surface area contributed by atoms with Crippen LogP contribution in [0.3, 0.4) is 0 Å². The van der Waals surface area contributed by atoms with Gasteiger partial charge in [-0.05, 0) is 28.8 Å². The minimum absolute atomic E-state index is 0.768. The van der Waals surface area contributed by atoms with Gasteiger partial charge in [-0.1, -0.05) is 66.2 Å². The molecule has 0 spiro atoms. The smallest absolute Gasteiger partial charge is 0.0743 e. The number of hydrogen-bond donors (Lipinski definition) is 0. The zero-order chi connectivity index (χ0) is 14.2. The average Bonchev–Trinajstić information content (AvgIpc) is 2.54. The van der Waals surface area contributed by atoms with Crippen molar-refractivity contribution in [2.75, 3.05) is 6.54 Å². The van der Waals surface area contributed by atoms with Crippen LogP contribution in [0.15, 0.2) is 65.7 Å². The van der Waals surface area contributed by atoms with Crippen molar-refractivity contribution in [2.24, 2.45) is 4.99 Å². The van der Waals surface area contributed by atoms with E-state index in [0.29, 0.717) is 0 Å². The summed E-state index contributed by atoms with van der Waals surface area (Å²) in [5, 5.41) is 3.13. The lowest BCUT2D eigenvalue weighted by Crippen LogP contribution is -2.14. The molecule has 21 heavy (non-hydrogen) atoms. The predicted molar refractivity (Wildman–Crippen MR) is 89.6 cm³/mol. The van der Waals surface area contributed by atoms with Crippen molar-refractivity contribution in [1.82, 2.24) is 0 Å². The van der Waals surface area contributed by atoms with E-state index in [2.05, 4.69) is 54.6 Å². The van der Waals surface area contributed by atoms with Crippen LogP contribution in [0.5, 0.6) is 0 Å². The van der Waals surface area contributed by atoms with Gasteiger partial charge in [0.15, 0.2) is 0 Å². The summed E-state index contributed by atoms with van der Waals surface area (Å²) in [5.41, 5.74) is 4.65. The van der Waals surface area contributed by atoms with E-state index >= 15 is 0 Å². The zero-order valence-electron chi connectivity index (χ0n) is 11.5. The first-order valence-corrected chi connectivity index (χ1v) is 7.53. The van der Waals surface area contributed by atoms with E-state index in [0.717, 1.165) is 29.3 Å². The molecule has 2 heteroatoms. The molecule has 1 aliphatic heterocycles. The Morgan fingerprint density at radius 2 is 1.67 bits per heavy atom. The van der Waals surface area contributed by atoms with Crippen LogP contribution in [-0.2, 0) is 6.42 Å². The monoisotopic (exact) mass is 291 g/mol. The molecule has 0 saturated carbocycles. The SMILES string of the molecule is Clc1ccc2ccccc2c1C1=NCCc2ccccc21. The molecule has 0 amide bonds. The van der Waals surface area contributed by atoms with Gasteiger partial charge in [-0.15, -0.1) is 0 Å². The summed E-state index contributed by atoms with van der Waals surface area (Å²) in [6.45, 7) is 0.825. The third-order valence-electron chi connectivity index (χ3n) is 4.04. The molecule has 3 aromatic carbocycles. The van der Waals surface area contributed by atoms with Gasteiger partial charge in [-0.3, -0.25) is 4.99 Å². The number of aliphatic imine (C=N–C) groups is 1. The number of fused-ring (bicyclic) bond motifs is 2. The summed E-state index contributed by atoms with van der Waals surface area (Å²) in [5.74, 6) is 0. The van der Waals surface area contributed by atoms with Crippen LogP contribution in [0.25, 0.3) is 10.8 Å². The zero-order valence-corrected chi connectivity index (χ0v) is 12.3. The van der Waals surface area contributed by atoms with Gasteiger partial charge < -0.3 is 0 Å². The Hall–Kier alpha value is -2.12. The van der Waals surface area contributed by atoms with E-state index in [9.17, 15) is 0 Å². The number of hydrogen-bond acceptors (Lipinski definition) is 1. The molecule has 0 bridgehead atoms. The van der Waals surface area contributed by atoms with Crippen LogP contribution in [0.2, 0.25) is 5.02 Å². The minimum atomic E-state index is 0.768. The highest BCUT2D eigenvalue weighted by Gasteiger charge is 2.19. The predicted octanol–water partition coefficient (Wildman–Crippen LogP) is 4.89. The van der Waals surface area contributed by atoms with Gasteiger partial charge in [-0.25, -0.2) is 0 Å². The molecule has 1 aliphatic rings. The Balaban J connectivity index is 2.03. The summed E-state index contributed by atoms with van der Waals surface area (Å²) in [6, 6.07) is 20.9. The van der Waals surface area contributed by atoms with Crippen molar-refractivity contribution in [2.45, 2.75) is 6.42 Å². The van der Waals surface area contributed by atoms with Gasteiger partial charge in [-0.2, -0.15) is 0 Å². The normalized spacial score (nSPS) is 13.9. The van der Waals surface area contributed by atoms with Gasteiger partial charge in [0, 0.05) is 17.7 Å². The second-order valence-electron chi connectivity index (χ2n) is 5.28. The maximum atomic E-state index is 6.52. The quantitative estimate of drug-likeness (QED) is 0.605. The average molecular weight is 292 g/mol. The molecule has 4 rings (SSSR count). The van der Waals surface area contributed by atoms with Crippen molar-refractivity contribution in [3.63, 3.8) is 0 Å². The number of nitrogens with zero attached hydrogens (tertiary/aromatic N) is 1. The van der Waals surface area contributed by atoms with Gasteiger partial charge in [0.2, 0.25) is 0 Å². The molecule has 1 nitrogen and oxygen atoms in total. The van der Waals surface area contributed by atoms with Crippen molar-refractivity contribution in [3.8, 4) is 0 Å². The van der Waals surface area contributed by atoms with Crippen molar-refractivity contribution in [3.05, 3.63) is 82.4 Å². The number of benzene rings is 3. The first-order chi connectivity index (χ1) is 10.3. The molecular formula is C19H14ClN. The Morgan fingerprint density at radius 3 is 2.62 bits per heavy atom. The molecule has 0 aliphatic carbocycles. The van der Waals surface area contributed by atoms with Gasteiger partial charge in [0.1, 0.15) is 0 Å². The number of rotatable bonds is 1. The Bertz CT molecular complexity index is 864. The summed E-state index contributed by atoms with van der Waals surface area (Å²) in [7, 11) is 0. The Labute approximate surface area is 128 Å². The van der Waals surface area contributed by atoms with Crippen LogP contribution in [0, 0.1) is 0 Å². The van der Waals surface area contributed by atoms with E-state index in [4.69, 9.17) is 16.6 Å². The van der Waals surface area contributed by atoms with E-state index in [1.165, 1.54) is 21.9 Å². The fourth-order valence-electron chi connectivity index (χ4n) is 3.04. The molecule has 0 unspecified atom stereocenters. The summed E-state index contributed by atoms with van der Waals surface area (Å²) in [6.07, 6.45) is 1.00. The van der Waals surface area contributed by atoms with E-state index < -0.39 is 0 Å². The fraction of sp³-hybridized carbons (Fsp3) is 0.105. The van der Waals surface area contributed by atoms with Crippen molar-refractivity contribution >= 4 is 28.1 Å². The van der Waals surface area contributed by atoms with E-state index in [-0.39, 0.29) is 0 Å². The number of halogens is 1. The molecule has 3 aromatic rings. The summed E-state index contributed by atoms with van der Waals surface area (Å²) >= 11 is 6.52. The van der Waals surface area contributed by atoms with Crippen LogP contribution >= 0.6 is 11.6 Å². The first kappa shape index (κ1) is 12.6. The molecule has 0 N–H and O–H groups in total. The summed E-state index contributed by atoms with van der Waals surface area (Å²) in [4.78, 5) is 4.78. The van der Waals surface area contributed by atoms with E-state index in [1.54, 1.807) is 0 Å². The standard InChI is InChI=1S/C19H14ClN/c20-17-10-9-13-5-1-3-7-15(13)18(17)19-16-8-4-2-6-14(16)11-12-21-19/h1-10H,11-12H2. The van der Waals surface area contributed by atoms with Crippen LogP contribution in [0.1, 0.15) is 16.7 Å². The molecule has 0 fully saturated rings. The van der Waals surface area contributed by atoms with Crippen LogP contribution < -0.4 is 0 Å². The second kappa shape index (κ2) is 5.01. The van der Waals surface area contributed by atoms with Gasteiger partial charge in [0.05, 0.1) is 10.7 Å². The van der Waals surface area contributed by atoms with Crippen LogP contribution in [-0.4, -0.2) is 12.3 Å². The van der Waals surface area contributed by atoms with Crippen LogP contribution in [0.4, 0.5) is 0 Å². The minimum Gasteiger partial charge on any atom is -0.284 e. The molecular weight excluding hydrogens is 278 g/mol. The highest BCUT2D eigenvalue weighted by molar-refractivity contribution is 6.38. The highest BCUT2D eigenvalue weighted by Crippen LogP contribution is 2.31. The molecule has 1 heterocycles. The fourth-order valence-corrected chi connectivity index (χ4v) is 3.30. The lowest BCUT2D eigenvalue weighted by molar-refractivity contribution is 0.944. The summed E-state index contributed by atoms with van der Waals surface area (Å²) < 4.78 is 0. The van der Waals surface area contributed by atoms with E-state index in [1.807, 2.05) is 6.07 Å². The molecule has 0 aromatic heterocycles. The highest BCUT2D eigenvalue weighted by atomic mass is 35.5. The third-order valence-corrected chi connectivity index (χ3v) is 4.35. The van der Waals surface area contributed by atoms with Gasteiger partial charge >= 0.3 is 0 Å². The maximum Gasteiger partial charge on any atom is 0.0743 e. The van der Waals surface area contributed by atoms with Crippen molar-refractivity contribution in [1.29, 1.82) is 0 Å². The molecule has 102 valence electrons. The van der Waals surface area contributed by atoms with Crippen molar-refractivity contribution < 1.29 is 0 Å². The molecule has 0 radical (unpaired) electrons. The lowest BCUT2D eigenvalue weighted by Gasteiger charge is -2.19. The Kier molecular flexibility index (Phi) is 3.01. The molecule has 0 saturated heterocycles. The molecule has 0 atom stereocenters. The second-order valence-corrected chi connectivity index (χ2v) is 5.69. The lowest BCUT2D eigenvalue weighted by atomic mass is 9.91. The van der Waals surface area contributed by atoms with Gasteiger partial charge in [0.25, 0.3) is 0 Å². The third kappa shape index (κ3) is 2.05. The maximum absolute atomic E-state index is 6.52.